The van der Waals surface area contributed by atoms with E-state index in [0.29, 0.717) is 5.56 Å². The van der Waals surface area contributed by atoms with Crippen molar-refractivity contribution < 1.29 is 41.0 Å². The van der Waals surface area contributed by atoms with Crippen molar-refractivity contribution in [3.8, 4) is 0 Å². The van der Waals surface area contributed by atoms with E-state index in [1.54, 1.807) is 0 Å². The number of benzene rings is 1. The fourth-order valence-electron chi connectivity index (χ4n) is 4.06. The standard InChI is InChI=1S/C18H16BrF6NO3/c1-8-6-11(20)10(19)7-9(8)12-13(27)15(26-14(12)28)2-4-16(29,5-3-15)17(21,22)18(23,24)25/h6-7,12,29H,2-5H2,1H3,(H,26,28). The van der Waals surface area contributed by atoms with Crippen LogP contribution in [0.25, 0.3) is 0 Å². The van der Waals surface area contributed by atoms with Crippen LogP contribution < -0.4 is 5.32 Å². The molecule has 1 saturated carbocycles. The van der Waals surface area contributed by atoms with E-state index in [-0.39, 0.29) is 10.0 Å². The average molecular weight is 488 g/mol. The van der Waals surface area contributed by atoms with Crippen molar-refractivity contribution in [2.24, 2.45) is 0 Å². The zero-order chi connectivity index (χ0) is 22.0. The monoisotopic (exact) mass is 487 g/mol. The maximum Gasteiger partial charge on any atom is 0.456 e. The van der Waals surface area contributed by atoms with Gasteiger partial charge in [0.2, 0.25) is 5.91 Å². The van der Waals surface area contributed by atoms with Crippen LogP contribution >= 0.6 is 15.9 Å². The van der Waals surface area contributed by atoms with Gasteiger partial charge in [-0.2, -0.15) is 22.0 Å². The van der Waals surface area contributed by atoms with Crippen LogP contribution in [-0.2, 0) is 9.59 Å². The number of aliphatic hydroxyl groups is 1. The number of aryl methyl sites for hydroxylation is 1. The SMILES string of the molecule is Cc1cc(F)c(Br)cc1C1C(=O)NC2(CCC(O)(C(F)(F)C(F)(F)F)CC2)C1=O. The zero-order valence-electron chi connectivity index (χ0n) is 15.0. The number of alkyl halides is 5. The van der Waals surface area contributed by atoms with Crippen LogP contribution in [0.4, 0.5) is 26.3 Å². The summed E-state index contributed by atoms with van der Waals surface area (Å²) in [4.78, 5) is 25.5. The quantitative estimate of drug-likeness (QED) is 0.490. The molecule has 2 N–H and O–H groups in total. The van der Waals surface area contributed by atoms with Gasteiger partial charge in [0.1, 0.15) is 17.3 Å². The highest BCUT2D eigenvalue weighted by atomic mass is 79.9. The van der Waals surface area contributed by atoms with E-state index in [0.717, 1.165) is 6.07 Å². The molecule has 3 rings (SSSR count). The van der Waals surface area contributed by atoms with Crippen molar-refractivity contribution in [1.82, 2.24) is 5.32 Å². The van der Waals surface area contributed by atoms with Crippen molar-refractivity contribution in [1.29, 1.82) is 0 Å². The van der Waals surface area contributed by atoms with Crippen LogP contribution in [0.5, 0.6) is 0 Å². The van der Waals surface area contributed by atoms with Crippen LogP contribution in [0, 0.1) is 12.7 Å². The minimum atomic E-state index is -5.95. The van der Waals surface area contributed by atoms with Gasteiger partial charge < -0.3 is 10.4 Å². The van der Waals surface area contributed by atoms with Crippen molar-refractivity contribution in [2.75, 3.05) is 0 Å². The number of ketones is 1. The molecule has 2 aliphatic rings. The number of carbonyl (C=O) groups excluding carboxylic acids is 2. The molecule has 29 heavy (non-hydrogen) atoms. The molecule has 1 amide bonds. The predicted octanol–water partition coefficient (Wildman–Crippen LogP) is 3.92. The highest BCUT2D eigenvalue weighted by Gasteiger charge is 2.71. The molecule has 0 radical (unpaired) electrons. The third-order valence-electron chi connectivity index (χ3n) is 5.85. The van der Waals surface area contributed by atoms with Crippen LogP contribution in [0.1, 0.15) is 42.7 Å². The van der Waals surface area contributed by atoms with Gasteiger partial charge in [0.05, 0.1) is 10.0 Å². The summed E-state index contributed by atoms with van der Waals surface area (Å²) in [6.07, 6.45) is -9.14. The van der Waals surface area contributed by atoms with Crippen molar-refractivity contribution in [2.45, 2.75) is 61.8 Å². The molecule has 1 spiro atoms. The molecule has 0 aromatic heterocycles. The molecule has 1 unspecified atom stereocenters. The molecule has 1 aliphatic heterocycles. The molecule has 1 aromatic rings. The first-order valence-electron chi connectivity index (χ1n) is 8.64. The lowest BCUT2D eigenvalue weighted by Gasteiger charge is -2.44. The Labute approximate surface area is 169 Å². The van der Waals surface area contributed by atoms with Gasteiger partial charge in [-0.1, -0.05) is 0 Å². The Morgan fingerprint density at radius 3 is 2.17 bits per heavy atom. The van der Waals surface area contributed by atoms with Crippen LogP contribution in [-0.4, -0.2) is 40.0 Å². The van der Waals surface area contributed by atoms with Crippen molar-refractivity contribution in [3.63, 3.8) is 0 Å². The zero-order valence-corrected chi connectivity index (χ0v) is 16.6. The van der Waals surface area contributed by atoms with E-state index in [2.05, 4.69) is 21.2 Å². The largest absolute Gasteiger partial charge is 0.456 e. The van der Waals surface area contributed by atoms with Gasteiger partial charge in [-0.25, -0.2) is 4.39 Å². The third-order valence-corrected chi connectivity index (χ3v) is 6.46. The Bertz CT molecular complexity index is 877. The minimum absolute atomic E-state index is 0.0162. The summed E-state index contributed by atoms with van der Waals surface area (Å²) >= 11 is 2.97. The first-order valence-corrected chi connectivity index (χ1v) is 9.43. The van der Waals surface area contributed by atoms with Crippen LogP contribution in [0.15, 0.2) is 16.6 Å². The van der Waals surface area contributed by atoms with E-state index in [1.807, 2.05) is 0 Å². The molecule has 160 valence electrons. The smallest absolute Gasteiger partial charge is 0.383 e. The first kappa shape index (κ1) is 22.1. The number of halogens is 7. The second-order valence-corrected chi connectivity index (χ2v) is 8.45. The second-order valence-electron chi connectivity index (χ2n) is 7.60. The highest BCUT2D eigenvalue weighted by molar-refractivity contribution is 9.10. The molecule has 1 saturated heterocycles. The molecular formula is C18H16BrF6NO3. The molecule has 2 fully saturated rings. The molecule has 1 atom stereocenters. The van der Waals surface area contributed by atoms with E-state index in [4.69, 9.17) is 0 Å². The third kappa shape index (κ3) is 3.26. The topological polar surface area (TPSA) is 66.4 Å². The number of Topliss-reactive ketones (excluding diaryl/α,β-unsaturated/α-hetero) is 1. The maximum atomic E-state index is 13.7. The lowest BCUT2D eigenvalue weighted by molar-refractivity contribution is -0.347. The van der Waals surface area contributed by atoms with Crippen molar-refractivity contribution in [3.05, 3.63) is 33.5 Å². The Morgan fingerprint density at radius 1 is 1.10 bits per heavy atom. The van der Waals surface area contributed by atoms with Crippen LogP contribution in [0.3, 0.4) is 0 Å². The van der Waals surface area contributed by atoms with Gasteiger partial charge in [0.25, 0.3) is 0 Å². The first-order chi connectivity index (χ1) is 13.2. The summed E-state index contributed by atoms with van der Waals surface area (Å²) in [6, 6.07) is 2.39. The Morgan fingerprint density at radius 2 is 1.66 bits per heavy atom. The van der Waals surface area contributed by atoms with Crippen molar-refractivity contribution >= 4 is 27.6 Å². The fourth-order valence-corrected chi connectivity index (χ4v) is 4.42. The van der Waals surface area contributed by atoms with Gasteiger partial charge in [0.15, 0.2) is 5.78 Å². The number of amides is 1. The number of nitrogens with one attached hydrogen (secondary N) is 1. The number of hydrogen-bond donors (Lipinski definition) is 2. The maximum absolute atomic E-state index is 13.7. The fraction of sp³-hybridized carbons (Fsp3) is 0.556. The summed E-state index contributed by atoms with van der Waals surface area (Å²) in [5, 5.41) is 12.4. The molecule has 1 heterocycles. The van der Waals surface area contributed by atoms with E-state index in [9.17, 15) is 41.0 Å². The summed E-state index contributed by atoms with van der Waals surface area (Å²) < 4.78 is 79.2. The molecular weight excluding hydrogens is 472 g/mol. The summed E-state index contributed by atoms with van der Waals surface area (Å²) in [6.45, 7) is 1.49. The lowest BCUT2D eigenvalue weighted by atomic mass is 9.69. The summed E-state index contributed by atoms with van der Waals surface area (Å²) in [7, 11) is 0. The van der Waals surface area contributed by atoms with E-state index >= 15 is 0 Å². The van der Waals surface area contributed by atoms with E-state index < -0.39 is 72.3 Å². The molecule has 4 nitrogen and oxygen atoms in total. The number of carbonyl (C=O) groups is 2. The summed E-state index contributed by atoms with van der Waals surface area (Å²) in [5.74, 6) is -8.75. The average Bonchev–Trinajstić information content (AvgIpc) is 2.83. The number of rotatable bonds is 2. The predicted molar refractivity (Wildman–Crippen MR) is 91.9 cm³/mol. The molecule has 1 aliphatic carbocycles. The second kappa shape index (κ2) is 6.69. The van der Waals surface area contributed by atoms with Gasteiger partial charge in [-0.15, -0.1) is 0 Å². The minimum Gasteiger partial charge on any atom is -0.383 e. The van der Waals surface area contributed by atoms with Gasteiger partial charge in [-0.05, 0) is 71.8 Å². The summed E-state index contributed by atoms with van der Waals surface area (Å²) in [5.41, 5.74) is -4.50. The normalized spacial score (nSPS) is 30.7. The molecule has 0 bridgehead atoms. The lowest BCUT2D eigenvalue weighted by Crippen LogP contribution is -2.62. The number of hydrogen-bond acceptors (Lipinski definition) is 3. The van der Waals surface area contributed by atoms with Crippen LogP contribution in [0.2, 0.25) is 0 Å². The van der Waals surface area contributed by atoms with Gasteiger partial charge >= 0.3 is 12.1 Å². The highest BCUT2D eigenvalue weighted by Crippen LogP contribution is 2.52. The Hall–Kier alpha value is -1.62. The van der Waals surface area contributed by atoms with Gasteiger partial charge in [0, 0.05) is 0 Å². The molecule has 1 aromatic carbocycles. The van der Waals surface area contributed by atoms with E-state index in [1.165, 1.54) is 13.0 Å². The molecule has 11 heteroatoms. The Balaban J connectivity index is 1.89. The Kier molecular flexibility index (Phi) is 5.10. The van der Waals surface area contributed by atoms with Gasteiger partial charge in [-0.3, -0.25) is 9.59 Å².